The van der Waals surface area contributed by atoms with Gasteiger partial charge >= 0.3 is 5.97 Å². The predicted octanol–water partition coefficient (Wildman–Crippen LogP) is 2.30. The molecular weight excluding hydrogens is 492 g/mol. The molecule has 10 nitrogen and oxygen atoms in total. The van der Waals surface area contributed by atoms with Crippen LogP contribution in [0.3, 0.4) is 0 Å². The topological polar surface area (TPSA) is 124 Å². The summed E-state index contributed by atoms with van der Waals surface area (Å²) in [6, 6.07) is 7.92. The van der Waals surface area contributed by atoms with Gasteiger partial charge in [0.1, 0.15) is 16.1 Å². The lowest BCUT2D eigenvalue weighted by Gasteiger charge is -2.27. The minimum atomic E-state index is -3.74. The molecule has 4 heterocycles. The van der Waals surface area contributed by atoms with Crippen LogP contribution in [0.25, 0.3) is 10.9 Å². The van der Waals surface area contributed by atoms with Gasteiger partial charge < -0.3 is 14.4 Å². The maximum atomic E-state index is 13.3. The molecule has 0 saturated carbocycles. The SMILES string of the molecule is COc1ccc(S(=O)(=O)N2CCc3c(n(C)c4c(=O)n(Cc5ccsc5C(=O)O)ncc34)C2)cc1. The van der Waals surface area contributed by atoms with Crippen LogP contribution in [0.5, 0.6) is 5.75 Å². The largest absolute Gasteiger partial charge is 0.497 e. The van der Waals surface area contributed by atoms with Crippen LogP contribution in [-0.2, 0) is 36.6 Å². The molecule has 182 valence electrons. The van der Waals surface area contributed by atoms with Gasteiger partial charge in [-0.2, -0.15) is 9.40 Å². The molecule has 0 bridgehead atoms. The summed E-state index contributed by atoms with van der Waals surface area (Å²) < 4.78 is 36.0. The molecule has 0 radical (unpaired) electrons. The normalized spacial score (nSPS) is 14.2. The molecule has 0 saturated heterocycles. The fraction of sp³-hybridized carbons (Fsp3) is 0.261. The number of carbonyl (C=O) groups is 1. The van der Waals surface area contributed by atoms with Gasteiger partial charge in [0.25, 0.3) is 5.56 Å². The van der Waals surface area contributed by atoms with Crippen LogP contribution >= 0.6 is 11.3 Å². The molecule has 0 spiro atoms. The molecule has 0 amide bonds. The minimum absolute atomic E-state index is 0.0354. The molecule has 1 aliphatic heterocycles. The van der Waals surface area contributed by atoms with Gasteiger partial charge in [0.05, 0.1) is 31.3 Å². The van der Waals surface area contributed by atoms with Gasteiger partial charge in [-0.1, -0.05) is 0 Å². The van der Waals surface area contributed by atoms with E-state index in [2.05, 4.69) is 5.10 Å². The highest BCUT2D eigenvalue weighted by Crippen LogP contribution is 2.31. The van der Waals surface area contributed by atoms with E-state index in [1.54, 1.807) is 41.4 Å². The van der Waals surface area contributed by atoms with E-state index in [9.17, 15) is 23.1 Å². The first-order valence-electron chi connectivity index (χ1n) is 10.7. The molecule has 4 aromatic rings. The number of nitrogens with zero attached hydrogens (tertiary/aromatic N) is 4. The lowest BCUT2D eigenvalue weighted by atomic mass is 10.1. The second kappa shape index (κ2) is 8.63. The average molecular weight is 515 g/mol. The summed E-state index contributed by atoms with van der Waals surface area (Å²) in [7, 11) is -0.481. The zero-order valence-corrected chi connectivity index (χ0v) is 20.6. The first kappa shape index (κ1) is 23.3. The standard InChI is InChI=1S/C23H22N4O6S2/c1-25-19-13-26(35(31,32)16-5-3-15(33-2)4-6-16)9-7-17(19)18-11-24-27(22(28)20(18)25)12-14-8-10-34-21(14)23(29)30/h3-6,8,10-11H,7,9,12-13H2,1-2H3,(H,29,30). The van der Waals surface area contributed by atoms with Gasteiger partial charge in [-0.15, -0.1) is 11.3 Å². The maximum Gasteiger partial charge on any atom is 0.346 e. The van der Waals surface area contributed by atoms with Crippen molar-refractivity contribution in [3.63, 3.8) is 0 Å². The molecule has 12 heteroatoms. The summed E-state index contributed by atoms with van der Waals surface area (Å²) >= 11 is 1.10. The molecular formula is C23H22N4O6S2. The summed E-state index contributed by atoms with van der Waals surface area (Å²) in [4.78, 5) is 25.1. The van der Waals surface area contributed by atoms with Gasteiger partial charge in [-0.3, -0.25) is 4.79 Å². The van der Waals surface area contributed by atoms with Crippen LogP contribution < -0.4 is 10.3 Å². The van der Waals surface area contributed by atoms with Crippen LogP contribution in [0.1, 0.15) is 26.5 Å². The number of hydrogen-bond acceptors (Lipinski definition) is 7. The third-order valence-electron chi connectivity index (χ3n) is 6.33. The zero-order chi connectivity index (χ0) is 24.9. The Morgan fingerprint density at radius 2 is 1.97 bits per heavy atom. The van der Waals surface area contributed by atoms with Crippen molar-refractivity contribution in [2.75, 3.05) is 13.7 Å². The predicted molar refractivity (Wildman–Crippen MR) is 130 cm³/mol. The monoisotopic (exact) mass is 514 g/mol. The average Bonchev–Trinajstić information content (AvgIpc) is 3.43. The van der Waals surface area contributed by atoms with Crippen LogP contribution in [0, 0.1) is 0 Å². The molecule has 0 unspecified atom stereocenters. The van der Waals surface area contributed by atoms with E-state index in [0.29, 0.717) is 28.6 Å². The van der Waals surface area contributed by atoms with Crippen LogP contribution in [0.4, 0.5) is 0 Å². The van der Waals surface area contributed by atoms with E-state index >= 15 is 0 Å². The van der Waals surface area contributed by atoms with Crippen molar-refractivity contribution in [3.8, 4) is 5.75 Å². The van der Waals surface area contributed by atoms with Crippen molar-refractivity contribution >= 4 is 38.2 Å². The number of carboxylic acids is 1. The van der Waals surface area contributed by atoms with Crippen LogP contribution in [0.15, 0.2) is 51.6 Å². The van der Waals surface area contributed by atoms with Gasteiger partial charge in [-0.05, 0) is 53.3 Å². The van der Waals surface area contributed by atoms with Crippen molar-refractivity contribution in [2.24, 2.45) is 7.05 Å². The minimum Gasteiger partial charge on any atom is -0.497 e. The highest BCUT2D eigenvalue weighted by molar-refractivity contribution is 7.89. The fourth-order valence-corrected chi connectivity index (χ4v) is 6.66. The first-order chi connectivity index (χ1) is 16.7. The molecule has 0 atom stereocenters. The Bertz CT molecular complexity index is 1620. The number of aromatic carboxylic acids is 1. The van der Waals surface area contributed by atoms with Crippen molar-refractivity contribution in [1.82, 2.24) is 18.7 Å². The Labute approximate surface area is 204 Å². The number of sulfonamides is 1. The Balaban J connectivity index is 1.51. The summed E-state index contributed by atoms with van der Waals surface area (Å²) in [6.45, 7) is 0.441. The van der Waals surface area contributed by atoms with Gasteiger partial charge in [0.2, 0.25) is 10.0 Å². The Morgan fingerprint density at radius 3 is 2.66 bits per heavy atom. The number of thiophene rings is 1. The summed E-state index contributed by atoms with van der Waals surface area (Å²) in [6.07, 6.45) is 2.05. The number of aryl methyl sites for hydroxylation is 1. The molecule has 35 heavy (non-hydrogen) atoms. The van der Waals surface area contributed by atoms with Crippen molar-refractivity contribution in [1.29, 1.82) is 0 Å². The molecule has 1 N–H and O–H groups in total. The highest BCUT2D eigenvalue weighted by atomic mass is 32.2. The van der Waals surface area contributed by atoms with Crippen molar-refractivity contribution in [3.05, 3.63) is 74.0 Å². The quantitative estimate of drug-likeness (QED) is 0.419. The Kier molecular flexibility index (Phi) is 5.74. The summed E-state index contributed by atoms with van der Waals surface area (Å²) in [5.41, 5.74) is 2.21. The van der Waals surface area contributed by atoms with E-state index < -0.39 is 16.0 Å². The maximum absolute atomic E-state index is 13.3. The first-order valence-corrected chi connectivity index (χ1v) is 13.0. The zero-order valence-electron chi connectivity index (χ0n) is 19.0. The van der Waals surface area contributed by atoms with Gasteiger partial charge in [0.15, 0.2) is 0 Å². The summed E-state index contributed by atoms with van der Waals surface area (Å²) in [5, 5.41) is 16.0. The van der Waals surface area contributed by atoms with Crippen LogP contribution in [0.2, 0.25) is 0 Å². The van der Waals surface area contributed by atoms with Crippen molar-refractivity contribution in [2.45, 2.75) is 24.4 Å². The number of rotatable bonds is 6. The van der Waals surface area contributed by atoms with E-state index in [-0.39, 0.29) is 35.0 Å². The number of fused-ring (bicyclic) bond motifs is 3. The number of methoxy groups -OCH3 is 1. The van der Waals surface area contributed by atoms with Crippen LogP contribution in [-0.4, -0.2) is 51.8 Å². The smallest absolute Gasteiger partial charge is 0.346 e. The van der Waals surface area contributed by atoms with E-state index in [1.165, 1.54) is 28.2 Å². The number of ether oxygens (including phenoxy) is 1. The highest BCUT2D eigenvalue weighted by Gasteiger charge is 2.32. The van der Waals surface area contributed by atoms with Gasteiger partial charge in [-0.25, -0.2) is 17.9 Å². The molecule has 1 aromatic carbocycles. The number of hydrogen-bond donors (Lipinski definition) is 1. The summed E-state index contributed by atoms with van der Waals surface area (Å²) in [5.74, 6) is -0.475. The molecule has 0 fully saturated rings. The van der Waals surface area contributed by atoms with Gasteiger partial charge in [0, 0.05) is 24.7 Å². The number of benzene rings is 1. The number of aromatic nitrogens is 3. The van der Waals surface area contributed by atoms with E-state index in [4.69, 9.17) is 4.74 Å². The molecule has 3 aromatic heterocycles. The number of carboxylic acid groups (broad SMARTS) is 1. The molecule has 1 aliphatic rings. The van der Waals surface area contributed by atoms with Crippen molar-refractivity contribution < 1.29 is 23.1 Å². The lowest BCUT2D eigenvalue weighted by molar-refractivity contribution is 0.0701. The van der Waals surface area contributed by atoms with E-state index in [0.717, 1.165) is 22.6 Å². The third kappa shape index (κ3) is 3.83. The Hall–Kier alpha value is -3.48. The Morgan fingerprint density at radius 1 is 1.23 bits per heavy atom. The fourth-order valence-electron chi connectivity index (χ4n) is 4.50. The molecule has 5 rings (SSSR count). The third-order valence-corrected chi connectivity index (χ3v) is 9.13. The second-order valence-corrected chi connectivity index (χ2v) is 11.1. The lowest BCUT2D eigenvalue weighted by Crippen LogP contribution is -2.36. The molecule has 0 aliphatic carbocycles. The van der Waals surface area contributed by atoms with E-state index in [1.807, 2.05) is 0 Å². The second-order valence-electron chi connectivity index (χ2n) is 8.20.